The van der Waals surface area contributed by atoms with Crippen molar-refractivity contribution in [2.24, 2.45) is 0 Å². The van der Waals surface area contributed by atoms with Crippen molar-refractivity contribution in [3.63, 3.8) is 0 Å². The second-order valence-electron chi connectivity index (χ2n) is 2.96. The third kappa shape index (κ3) is 2.28. The first-order valence-electron chi connectivity index (χ1n) is 4.34. The molecule has 1 amide bonds. The maximum Gasteiger partial charge on any atom is 0.224 e. The van der Waals surface area contributed by atoms with E-state index in [1.54, 1.807) is 13.2 Å². The highest BCUT2D eigenvalue weighted by Gasteiger charge is 2.05. The van der Waals surface area contributed by atoms with Crippen LogP contribution in [0.4, 0.5) is 5.82 Å². The maximum atomic E-state index is 11.0. The number of pyridine rings is 1. The monoisotopic (exact) mass is 178 g/mol. The molecule has 0 aromatic carbocycles. The van der Waals surface area contributed by atoms with Gasteiger partial charge >= 0.3 is 0 Å². The van der Waals surface area contributed by atoms with Crippen LogP contribution in [0.15, 0.2) is 18.3 Å². The molecule has 1 aromatic heterocycles. The zero-order chi connectivity index (χ0) is 9.84. The number of carbonyl (C=O) groups excluding carboxylic acids is 1. The molecular weight excluding hydrogens is 164 g/mol. The molecule has 0 aliphatic rings. The maximum absolute atomic E-state index is 11.0. The fourth-order valence-corrected chi connectivity index (χ4v) is 0.986. The molecule has 0 bridgehead atoms. The van der Waals surface area contributed by atoms with E-state index in [1.807, 2.05) is 12.1 Å². The average molecular weight is 178 g/mol. The summed E-state index contributed by atoms with van der Waals surface area (Å²) in [6.45, 7) is 3.60. The summed E-state index contributed by atoms with van der Waals surface area (Å²) in [5.74, 6) is 0.696. The Balaban J connectivity index is 2.85. The van der Waals surface area contributed by atoms with Gasteiger partial charge in [0.1, 0.15) is 5.82 Å². The molecule has 0 saturated carbocycles. The quantitative estimate of drug-likeness (QED) is 0.689. The van der Waals surface area contributed by atoms with E-state index in [4.69, 9.17) is 0 Å². The fourth-order valence-electron chi connectivity index (χ4n) is 0.986. The lowest BCUT2D eigenvalue weighted by Gasteiger charge is -2.13. The third-order valence-corrected chi connectivity index (χ3v) is 2.03. The molecule has 0 fully saturated rings. The number of amides is 1. The Kier molecular flexibility index (Phi) is 3.01. The van der Waals surface area contributed by atoms with Gasteiger partial charge in [-0.3, -0.25) is 4.79 Å². The molecule has 3 heteroatoms. The van der Waals surface area contributed by atoms with Crippen LogP contribution in [0.5, 0.6) is 0 Å². The van der Waals surface area contributed by atoms with Gasteiger partial charge < -0.3 is 4.90 Å². The molecule has 0 atom stereocenters. The summed E-state index contributed by atoms with van der Waals surface area (Å²) in [4.78, 5) is 16.7. The second kappa shape index (κ2) is 4.03. The van der Waals surface area contributed by atoms with Gasteiger partial charge in [0.25, 0.3) is 0 Å². The Morgan fingerprint density at radius 2 is 2.23 bits per heavy atom. The Bertz CT molecular complexity index is 292. The van der Waals surface area contributed by atoms with Crippen LogP contribution in [0.25, 0.3) is 0 Å². The van der Waals surface area contributed by atoms with Gasteiger partial charge in [0.05, 0.1) is 0 Å². The van der Waals surface area contributed by atoms with Crippen LogP contribution < -0.4 is 4.90 Å². The molecule has 0 aliphatic carbocycles. The van der Waals surface area contributed by atoms with Crippen molar-refractivity contribution in [2.75, 3.05) is 11.9 Å². The van der Waals surface area contributed by atoms with Crippen molar-refractivity contribution in [2.45, 2.75) is 20.3 Å². The molecule has 70 valence electrons. The van der Waals surface area contributed by atoms with Crippen molar-refractivity contribution >= 4 is 11.7 Å². The number of hydrogen-bond donors (Lipinski definition) is 0. The molecule has 3 nitrogen and oxygen atoms in total. The number of rotatable bonds is 2. The Morgan fingerprint density at radius 3 is 2.62 bits per heavy atom. The van der Waals surface area contributed by atoms with Gasteiger partial charge in [0.2, 0.25) is 5.91 Å². The van der Waals surface area contributed by atoms with E-state index in [-0.39, 0.29) is 5.91 Å². The fraction of sp³-hybridized carbons (Fsp3) is 0.400. The summed E-state index contributed by atoms with van der Waals surface area (Å²) in [5, 5.41) is 0. The molecule has 0 unspecified atom stereocenters. The minimum Gasteiger partial charge on any atom is -0.300 e. The van der Waals surface area contributed by atoms with Gasteiger partial charge in [0.15, 0.2) is 0 Å². The topological polar surface area (TPSA) is 33.2 Å². The predicted molar refractivity (Wildman–Crippen MR) is 52.7 cm³/mol. The first-order valence-corrected chi connectivity index (χ1v) is 4.34. The van der Waals surface area contributed by atoms with Crippen LogP contribution in [0.2, 0.25) is 0 Å². The molecule has 1 aromatic rings. The van der Waals surface area contributed by atoms with Crippen LogP contribution >= 0.6 is 0 Å². The largest absolute Gasteiger partial charge is 0.300 e. The lowest BCUT2D eigenvalue weighted by Crippen LogP contribution is -2.23. The molecule has 0 spiro atoms. The number of nitrogens with zero attached hydrogens (tertiary/aromatic N) is 2. The standard InChI is InChI=1S/C10H14N2O/c1-4-9-5-6-10(11-7-9)12(3)8(2)13/h5-7H,4H2,1-3H3. The molecule has 1 rings (SSSR count). The Morgan fingerprint density at radius 1 is 1.54 bits per heavy atom. The van der Waals surface area contributed by atoms with E-state index in [2.05, 4.69) is 11.9 Å². The lowest BCUT2D eigenvalue weighted by molar-refractivity contribution is -0.116. The summed E-state index contributed by atoms with van der Waals surface area (Å²) in [7, 11) is 1.72. The van der Waals surface area contributed by atoms with Crippen LogP contribution in [0, 0.1) is 0 Å². The van der Waals surface area contributed by atoms with E-state index < -0.39 is 0 Å². The first kappa shape index (κ1) is 9.71. The van der Waals surface area contributed by atoms with Gasteiger partial charge in [-0.05, 0) is 18.1 Å². The second-order valence-corrected chi connectivity index (χ2v) is 2.96. The SMILES string of the molecule is CCc1ccc(N(C)C(C)=O)nc1. The summed E-state index contributed by atoms with van der Waals surface area (Å²) >= 11 is 0. The van der Waals surface area contributed by atoms with E-state index >= 15 is 0 Å². The Labute approximate surface area is 78.4 Å². The van der Waals surface area contributed by atoms with Gasteiger partial charge in [-0.2, -0.15) is 0 Å². The van der Waals surface area contributed by atoms with Gasteiger partial charge in [0, 0.05) is 20.2 Å². The van der Waals surface area contributed by atoms with Crippen LogP contribution in [0.1, 0.15) is 19.4 Å². The van der Waals surface area contributed by atoms with Crippen molar-refractivity contribution in [1.82, 2.24) is 4.98 Å². The summed E-state index contributed by atoms with van der Waals surface area (Å²) in [5.41, 5.74) is 1.18. The molecule has 1 heterocycles. The highest BCUT2D eigenvalue weighted by Crippen LogP contribution is 2.09. The zero-order valence-corrected chi connectivity index (χ0v) is 8.24. The molecule has 0 aliphatic heterocycles. The highest BCUT2D eigenvalue weighted by atomic mass is 16.2. The van der Waals surface area contributed by atoms with Crippen LogP contribution in [-0.4, -0.2) is 17.9 Å². The first-order chi connectivity index (χ1) is 6.15. The summed E-state index contributed by atoms with van der Waals surface area (Å²) in [6, 6.07) is 3.85. The number of anilines is 1. The molecule has 13 heavy (non-hydrogen) atoms. The normalized spacial score (nSPS) is 9.77. The highest BCUT2D eigenvalue weighted by molar-refractivity contribution is 5.89. The van der Waals surface area contributed by atoms with E-state index in [0.717, 1.165) is 6.42 Å². The molecule has 0 N–H and O–H groups in total. The molecule has 0 saturated heterocycles. The van der Waals surface area contributed by atoms with Crippen molar-refractivity contribution < 1.29 is 4.79 Å². The van der Waals surface area contributed by atoms with Crippen molar-refractivity contribution in [1.29, 1.82) is 0 Å². The minimum absolute atomic E-state index is 0.00301. The minimum atomic E-state index is -0.00301. The van der Waals surface area contributed by atoms with Crippen LogP contribution in [-0.2, 0) is 11.2 Å². The predicted octanol–water partition coefficient (Wildman–Crippen LogP) is 1.63. The zero-order valence-electron chi connectivity index (χ0n) is 8.24. The van der Waals surface area contributed by atoms with Crippen LogP contribution in [0.3, 0.4) is 0 Å². The Hall–Kier alpha value is -1.38. The van der Waals surface area contributed by atoms with Gasteiger partial charge in [-0.25, -0.2) is 4.98 Å². The summed E-state index contributed by atoms with van der Waals surface area (Å²) in [6.07, 6.45) is 2.77. The third-order valence-electron chi connectivity index (χ3n) is 2.03. The molecular formula is C10H14N2O. The molecule has 0 radical (unpaired) electrons. The number of aryl methyl sites for hydroxylation is 1. The van der Waals surface area contributed by atoms with Gasteiger partial charge in [-0.1, -0.05) is 13.0 Å². The van der Waals surface area contributed by atoms with E-state index in [9.17, 15) is 4.79 Å². The average Bonchev–Trinajstić information content (AvgIpc) is 2.17. The lowest BCUT2D eigenvalue weighted by atomic mass is 10.2. The van der Waals surface area contributed by atoms with E-state index in [0.29, 0.717) is 5.82 Å². The smallest absolute Gasteiger partial charge is 0.224 e. The number of carbonyl (C=O) groups is 1. The van der Waals surface area contributed by atoms with Crippen molar-refractivity contribution in [3.8, 4) is 0 Å². The number of hydrogen-bond acceptors (Lipinski definition) is 2. The van der Waals surface area contributed by atoms with Gasteiger partial charge in [-0.15, -0.1) is 0 Å². The van der Waals surface area contributed by atoms with E-state index in [1.165, 1.54) is 17.4 Å². The number of aromatic nitrogens is 1. The van der Waals surface area contributed by atoms with Crippen molar-refractivity contribution in [3.05, 3.63) is 23.9 Å². The summed E-state index contributed by atoms with van der Waals surface area (Å²) < 4.78 is 0.